The van der Waals surface area contributed by atoms with Crippen LogP contribution in [0, 0.1) is 0 Å². The quantitative estimate of drug-likeness (QED) is 0.576. The van der Waals surface area contributed by atoms with Crippen molar-refractivity contribution in [3.63, 3.8) is 0 Å². The van der Waals surface area contributed by atoms with Gasteiger partial charge in [0.1, 0.15) is 10.8 Å². The summed E-state index contributed by atoms with van der Waals surface area (Å²) >= 11 is 6.38. The lowest BCUT2D eigenvalue weighted by Gasteiger charge is -2.09. The molecule has 0 atom stereocenters. The Hall–Kier alpha value is -2.99. The van der Waals surface area contributed by atoms with E-state index in [1.54, 1.807) is 20.3 Å². The number of hydrogen-bond acceptors (Lipinski definition) is 6. The zero-order valence-electron chi connectivity index (χ0n) is 15.2. The van der Waals surface area contributed by atoms with E-state index < -0.39 is 0 Å². The molecule has 0 saturated carbocycles. The highest BCUT2D eigenvalue weighted by atomic mass is 35.5. The molecule has 3 rings (SSSR count). The molecule has 1 aromatic heterocycles. The number of benzene rings is 2. The van der Waals surface area contributed by atoms with Crippen LogP contribution in [-0.2, 0) is 0 Å². The molecule has 1 heterocycles. The number of hydrogen-bond donors (Lipinski definition) is 0. The van der Waals surface area contributed by atoms with E-state index in [1.807, 2.05) is 49.4 Å². The molecule has 0 spiro atoms. The van der Waals surface area contributed by atoms with Gasteiger partial charge < -0.3 is 18.7 Å². The molecule has 6 nitrogen and oxygen atoms in total. The monoisotopic (exact) mass is 386 g/mol. The molecule has 0 aliphatic carbocycles. The molecule has 0 bridgehead atoms. The summed E-state index contributed by atoms with van der Waals surface area (Å²) in [5, 5.41) is 4.31. The van der Waals surface area contributed by atoms with Crippen LogP contribution < -0.4 is 14.2 Å². The fraction of sp³-hybridized carbons (Fsp3) is 0.200. The lowest BCUT2D eigenvalue weighted by molar-refractivity contribution is 0.311. The molecule has 0 fully saturated rings. The van der Waals surface area contributed by atoms with Crippen molar-refractivity contribution in [2.24, 2.45) is 0 Å². The Labute approximate surface area is 162 Å². The van der Waals surface area contributed by atoms with Crippen LogP contribution in [0.2, 0.25) is 0 Å². The average Bonchev–Trinajstić information content (AvgIpc) is 3.18. The second-order valence-corrected chi connectivity index (χ2v) is 5.87. The molecule has 0 aliphatic heterocycles. The van der Waals surface area contributed by atoms with Gasteiger partial charge in [0.25, 0.3) is 5.89 Å². The van der Waals surface area contributed by atoms with E-state index in [1.165, 1.54) is 0 Å². The number of ether oxygens (including phenoxy) is 3. The van der Waals surface area contributed by atoms with E-state index in [9.17, 15) is 0 Å². The van der Waals surface area contributed by atoms with Crippen molar-refractivity contribution in [3.8, 4) is 28.6 Å². The topological polar surface area (TPSA) is 66.6 Å². The van der Waals surface area contributed by atoms with Crippen molar-refractivity contribution in [1.82, 2.24) is 10.1 Å². The standard InChI is InChI=1S/C20H19ClN2O4/c1-4-26-18-12-13(9-10-17(18)25-3)11-15(21)20-22-19(23-27-20)14-7-5-6-8-16(14)24-2/h5-12H,4H2,1-3H3/b15-11-. The second-order valence-electron chi connectivity index (χ2n) is 5.46. The van der Waals surface area contributed by atoms with E-state index in [2.05, 4.69) is 10.1 Å². The van der Waals surface area contributed by atoms with Crippen LogP contribution in [0.3, 0.4) is 0 Å². The number of nitrogens with zero attached hydrogens (tertiary/aromatic N) is 2. The molecule has 0 saturated heterocycles. The van der Waals surface area contributed by atoms with Gasteiger partial charge in [-0.15, -0.1) is 0 Å². The SMILES string of the molecule is CCOc1cc(/C=C(\Cl)c2nc(-c3ccccc3OC)no2)ccc1OC. The number of rotatable bonds is 7. The van der Waals surface area contributed by atoms with Crippen molar-refractivity contribution in [2.45, 2.75) is 6.92 Å². The zero-order chi connectivity index (χ0) is 19.2. The summed E-state index contributed by atoms with van der Waals surface area (Å²) in [4.78, 5) is 4.36. The summed E-state index contributed by atoms with van der Waals surface area (Å²) in [6.45, 7) is 2.44. The van der Waals surface area contributed by atoms with Crippen LogP contribution in [0.5, 0.6) is 17.2 Å². The highest BCUT2D eigenvalue weighted by Crippen LogP contribution is 2.32. The van der Waals surface area contributed by atoms with E-state index in [0.717, 1.165) is 11.1 Å². The summed E-state index contributed by atoms with van der Waals surface area (Å²) in [6.07, 6.45) is 1.73. The average molecular weight is 387 g/mol. The Kier molecular flexibility index (Phi) is 5.98. The molecule has 0 aliphatic rings. The van der Waals surface area contributed by atoms with Gasteiger partial charge >= 0.3 is 0 Å². The zero-order valence-corrected chi connectivity index (χ0v) is 16.0. The highest BCUT2D eigenvalue weighted by molar-refractivity contribution is 6.50. The fourth-order valence-electron chi connectivity index (χ4n) is 2.52. The number of aromatic nitrogens is 2. The van der Waals surface area contributed by atoms with Crippen molar-refractivity contribution < 1.29 is 18.7 Å². The predicted octanol–water partition coefficient (Wildman–Crippen LogP) is 4.89. The third kappa shape index (κ3) is 4.23. The Morgan fingerprint density at radius 2 is 1.85 bits per heavy atom. The molecule has 0 radical (unpaired) electrons. The first-order valence-corrected chi connectivity index (χ1v) is 8.69. The molecular formula is C20H19ClN2O4. The Morgan fingerprint density at radius 3 is 2.59 bits per heavy atom. The minimum absolute atomic E-state index is 0.214. The number of halogens is 1. The molecule has 3 aromatic rings. The van der Waals surface area contributed by atoms with Crippen LogP contribution in [-0.4, -0.2) is 31.0 Å². The number of para-hydroxylation sites is 1. The molecular weight excluding hydrogens is 368 g/mol. The summed E-state index contributed by atoms with van der Waals surface area (Å²) < 4.78 is 21.5. The van der Waals surface area contributed by atoms with Gasteiger partial charge in [-0.2, -0.15) is 4.98 Å². The fourth-order valence-corrected chi connectivity index (χ4v) is 2.72. The van der Waals surface area contributed by atoms with Gasteiger partial charge in [0, 0.05) is 0 Å². The summed E-state index contributed by atoms with van der Waals surface area (Å²) in [5.74, 6) is 2.56. The van der Waals surface area contributed by atoms with Gasteiger partial charge in [-0.25, -0.2) is 0 Å². The van der Waals surface area contributed by atoms with E-state index in [4.69, 9.17) is 30.3 Å². The normalized spacial score (nSPS) is 11.3. The lowest BCUT2D eigenvalue weighted by atomic mass is 10.2. The smallest absolute Gasteiger partial charge is 0.269 e. The van der Waals surface area contributed by atoms with Gasteiger partial charge in [0.05, 0.1) is 26.4 Å². The van der Waals surface area contributed by atoms with Crippen molar-refractivity contribution in [1.29, 1.82) is 0 Å². The van der Waals surface area contributed by atoms with E-state index in [-0.39, 0.29) is 5.89 Å². The van der Waals surface area contributed by atoms with Crippen molar-refractivity contribution >= 4 is 22.7 Å². The van der Waals surface area contributed by atoms with Crippen molar-refractivity contribution in [2.75, 3.05) is 20.8 Å². The first kappa shape index (κ1) is 18.8. The first-order valence-electron chi connectivity index (χ1n) is 8.31. The van der Waals surface area contributed by atoms with E-state index >= 15 is 0 Å². The van der Waals surface area contributed by atoms with Gasteiger partial charge in [-0.3, -0.25) is 0 Å². The number of methoxy groups -OCH3 is 2. The van der Waals surface area contributed by atoms with Crippen LogP contribution in [0.4, 0.5) is 0 Å². The van der Waals surface area contributed by atoms with Gasteiger partial charge in [0.2, 0.25) is 5.82 Å². The van der Waals surface area contributed by atoms with Crippen LogP contribution >= 0.6 is 11.6 Å². The molecule has 2 aromatic carbocycles. The lowest BCUT2D eigenvalue weighted by Crippen LogP contribution is -1.95. The minimum Gasteiger partial charge on any atom is -0.496 e. The molecule has 0 amide bonds. The van der Waals surface area contributed by atoms with Crippen LogP contribution in [0.25, 0.3) is 22.5 Å². The Bertz CT molecular complexity index is 953. The second kappa shape index (κ2) is 8.60. The van der Waals surface area contributed by atoms with Gasteiger partial charge in [-0.05, 0) is 42.8 Å². The maximum Gasteiger partial charge on any atom is 0.269 e. The molecule has 27 heavy (non-hydrogen) atoms. The maximum absolute atomic E-state index is 6.38. The first-order chi connectivity index (χ1) is 13.2. The minimum atomic E-state index is 0.214. The third-order valence-electron chi connectivity index (χ3n) is 3.76. The summed E-state index contributed by atoms with van der Waals surface area (Å²) in [7, 11) is 3.19. The molecule has 0 N–H and O–H groups in total. The summed E-state index contributed by atoms with van der Waals surface area (Å²) in [6, 6.07) is 12.9. The van der Waals surface area contributed by atoms with Gasteiger partial charge in [0.15, 0.2) is 11.5 Å². The largest absolute Gasteiger partial charge is 0.496 e. The Morgan fingerprint density at radius 1 is 1.07 bits per heavy atom. The summed E-state index contributed by atoms with van der Waals surface area (Å²) in [5.41, 5.74) is 1.55. The third-order valence-corrected chi connectivity index (χ3v) is 4.03. The Balaban J connectivity index is 1.89. The maximum atomic E-state index is 6.38. The van der Waals surface area contributed by atoms with Crippen molar-refractivity contribution in [3.05, 3.63) is 53.9 Å². The molecule has 0 unspecified atom stereocenters. The molecule has 7 heteroatoms. The molecule has 140 valence electrons. The van der Waals surface area contributed by atoms with Crippen LogP contribution in [0.1, 0.15) is 18.4 Å². The van der Waals surface area contributed by atoms with E-state index in [0.29, 0.717) is 34.7 Å². The predicted molar refractivity (Wildman–Crippen MR) is 104 cm³/mol. The van der Waals surface area contributed by atoms with Crippen LogP contribution in [0.15, 0.2) is 47.0 Å². The van der Waals surface area contributed by atoms with Gasteiger partial charge in [-0.1, -0.05) is 35.0 Å². The highest BCUT2D eigenvalue weighted by Gasteiger charge is 2.15.